The van der Waals surface area contributed by atoms with E-state index in [1.807, 2.05) is 24.3 Å². The zero-order valence-electron chi connectivity index (χ0n) is 12.1. The van der Waals surface area contributed by atoms with Crippen LogP contribution < -0.4 is 11.1 Å². The number of imidazole rings is 1. The molecule has 1 amide bonds. The quantitative estimate of drug-likeness (QED) is 0.689. The van der Waals surface area contributed by atoms with E-state index in [9.17, 15) is 4.79 Å². The second-order valence-electron chi connectivity index (χ2n) is 4.31. The zero-order valence-corrected chi connectivity index (χ0v) is 14.6. The van der Waals surface area contributed by atoms with Crippen LogP contribution in [0.3, 0.4) is 0 Å². The lowest BCUT2D eigenvalue weighted by Crippen LogP contribution is -2.37. The van der Waals surface area contributed by atoms with Crippen LogP contribution >= 0.6 is 36.6 Å². The molecule has 4 N–H and O–H groups in total. The number of nitrogens with one attached hydrogen (secondary N) is 2. The fraction of sp³-hybridized carbons (Fsp3) is 0.286. The third kappa shape index (κ3) is 5.88. The molecule has 0 aliphatic rings. The molecule has 0 fully saturated rings. The van der Waals surface area contributed by atoms with Gasteiger partial charge in [-0.25, -0.2) is 4.98 Å². The van der Waals surface area contributed by atoms with Gasteiger partial charge in [-0.1, -0.05) is 19.1 Å². The summed E-state index contributed by atoms with van der Waals surface area (Å²) in [6, 6.07) is 7.13. The van der Waals surface area contributed by atoms with Crippen molar-refractivity contribution in [3.05, 3.63) is 42.5 Å². The SMILES string of the molecule is CCSc1ccccc1NC(=O)[C@@H](N)Cc1cnc[nH]1.Cl.Cl. The molecule has 1 aromatic carbocycles. The first-order chi connectivity index (χ1) is 9.70. The lowest BCUT2D eigenvalue weighted by atomic mass is 10.1. The number of nitrogens with zero attached hydrogens (tertiary/aromatic N) is 1. The fourth-order valence-corrected chi connectivity index (χ4v) is 2.56. The van der Waals surface area contributed by atoms with Crippen molar-refractivity contribution < 1.29 is 4.79 Å². The largest absolute Gasteiger partial charge is 0.348 e. The standard InChI is InChI=1S/C14H18N4OS.2ClH/c1-2-20-13-6-4-3-5-12(13)18-14(19)11(15)7-10-8-16-9-17-10;;/h3-6,8-9,11H,2,7,15H2,1H3,(H,16,17)(H,18,19);2*1H/t11-;;/m0../s1. The number of carbonyl (C=O) groups excluding carboxylic acids is 1. The van der Waals surface area contributed by atoms with Crippen LogP contribution in [-0.4, -0.2) is 27.7 Å². The minimum atomic E-state index is -0.602. The normalized spacial score (nSPS) is 11.0. The second kappa shape index (κ2) is 10.5. The van der Waals surface area contributed by atoms with Crippen LogP contribution in [0.25, 0.3) is 0 Å². The van der Waals surface area contributed by atoms with Crippen LogP contribution in [-0.2, 0) is 11.2 Å². The zero-order chi connectivity index (χ0) is 14.4. The van der Waals surface area contributed by atoms with Gasteiger partial charge in [0.25, 0.3) is 0 Å². The molecule has 0 aliphatic carbocycles. The summed E-state index contributed by atoms with van der Waals surface area (Å²) in [5, 5.41) is 2.89. The molecule has 0 radical (unpaired) electrons. The highest BCUT2D eigenvalue weighted by Gasteiger charge is 2.16. The van der Waals surface area contributed by atoms with E-state index in [0.29, 0.717) is 6.42 Å². The van der Waals surface area contributed by atoms with E-state index in [1.54, 1.807) is 24.3 Å². The summed E-state index contributed by atoms with van der Waals surface area (Å²) in [6.07, 6.45) is 3.69. The van der Waals surface area contributed by atoms with Crippen molar-refractivity contribution in [3.63, 3.8) is 0 Å². The van der Waals surface area contributed by atoms with Crippen LogP contribution in [0.1, 0.15) is 12.6 Å². The fourth-order valence-electron chi connectivity index (χ4n) is 1.80. The summed E-state index contributed by atoms with van der Waals surface area (Å²) in [6.45, 7) is 2.08. The molecule has 1 aromatic heterocycles. The molecule has 0 saturated carbocycles. The maximum atomic E-state index is 12.1. The van der Waals surface area contributed by atoms with Crippen molar-refractivity contribution in [2.45, 2.75) is 24.3 Å². The van der Waals surface area contributed by atoms with Crippen molar-refractivity contribution in [1.82, 2.24) is 9.97 Å². The number of benzene rings is 1. The second-order valence-corrected chi connectivity index (χ2v) is 5.61. The molecular weight excluding hydrogens is 343 g/mol. The molecule has 0 spiro atoms. The van der Waals surface area contributed by atoms with Crippen molar-refractivity contribution in [3.8, 4) is 0 Å². The number of aromatic nitrogens is 2. The van der Waals surface area contributed by atoms with E-state index in [4.69, 9.17) is 5.73 Å². The lowest BCUT2D eigenvalue weighted by Gasteiger charge is -2.13. The Kier molecular flexibility index (Phi) is 9.93. The van der Waals surface area contributed by atoms with Crippen molar-refractivity contribution >= 4 is 48.2 Å². The topological polar surface area (TPSA) is 83.8 Å². The molecule has 8 heteroatoms. The first-order valence-electron chi connectivity index (χ1n) is 6.46. The molecule has 1 heterocycles. The number of amides is 1. The van der Waals surface area contributed by atoms with Gasteiger partial charge >= 0.3 is 0 Å². The number of hydrogen-bond donors (Lipinski definition) is 3. The highest BCUT2D eigenvalue weighted by Crippen LogP contribution is 2.26. The number of halogens is 2. The number of rotatable bonds is 6. The third-order valence-electron chi connectivity index (χ3n) is 2.78. The maximum absolute atomic E-state index is 12.1. The minimum absolute atomic E-state index is 0. The average Bonchev–Trinajstić information content (AvgIpc) is 2.94. The number of H-pyrrole nitrogens is 1. The van der Waals surface area contributed by atoms with E-state index in [-0.39, 0.29) is 30.7 Å². The van der Waals surface area contributed by atoms with E-state index in [0.717, 1.165) is 22.0 Å². The van der Waals surface area contributed by atoms with Gasteiger partial charge in [-0.05, 0) is 17.9 Å². The first kappa shape index (κ1) is 20.8. The molecule has 0 aliphatic heterocycles. The molecule has 0 saturated heterocycles. The Morgan fingerprint density at radius 2 is 2.14 bits per heavy atom. The number of nitrogens with two attached hydrogens (primary N) is 1. The van der Waals surface area contributed by atoms with Gasteiger partial charge in [0.2, 0.25) is 5.91 Å². The van der Waals surface area contributed by atoms with E-state index in [2.05, 4.69) is 22.2 Å². The Morgan fingerprint density at radius 3 is 2.77 bits per heavy atom. The molecular formula is C14H20Cl2N4OS. The molecule has 5 nitrogen and oxygen atoms in total. The number of hydrogen-bond acceptors (Lipinski definition) is 4. The van der Waals surface area contributed by atoms with Crippen LogP contribution in [0.2, 0.25) is 0 Å². The van der Waals surface area contributed by atoms with Crippen LogP contribution in [0.15, 0.2) is 41.7 Å². The van der Waals surface area contributed by atoms with Gasteiger partial charge in [-0.3, -0.25) is 4.79 Å². The summed E-state index contributed by atoms with van der Waals surface area (Å²) in [5.41, 5.74) is 7.57. The Balaban J connectivity index is 0.00000220. The third-order valence-corrected chi connectivity index (χ3v) is 3.73. The van der Waals surface area contributed by atoms with Crippen LogP contribution in [0, 0.1) is 0 Å². The molecule has 122 valence electrons. The van der Waals surface area contributed by atoms with Gasteiger partial charge in [-0.2, -0.15) is 0 Å². The van der Waals surface area contributed by atoms with E-state index >= 15 is 0 Å². The number of aromatic amines is 1. The van der Waals surface area contributed by atoms with Crippen molar-refractivity contribution in [2.75, 3.05) is 11.1 Å². The minimum Gasteiger partial charge on any atom is -0.348 e. The first-order valence-corrected chi connectivity index (χ1v) is 7.44. The summed E-state index contributed by atoms with van der Waals surface area (Å²) in [5.74, 6) is 0.761. The van der Waals surface area contributed by atoms with Gasteiger partial charge in [-0.15, -0.1) is 36.6 Å². The highest BCUT2D eigenvalue weighted by molar-refractivity contribution is 7.99. The molecule has 22 heavy (non-hydrogen) atoms. The summed E-state index contributed by atoms with van der Waals surface area (Å²) >= 11 is 1.69. The van der Waals surface area contributed by atoms with Crippen molar-refractivity contribution in [2.24, 2.45) is 5.73 Å². The van der Waals surface area contributed by atoms with Crippen LogP contribution in [0.4, 0.5) is 5.69 Å². The molecule has 0 bridgehead atoms. The summed E-state index contributed by atoms with van der Waals surface area (Å²) in [7, 11) is 0. The predicted octanol–water partition coefficient (Wildman–Crippen LogP) is 2.87. The maximum Gasteiger partial charge on any atom is 0.241 e. The molecule has 0 unspecified atom stereocenters. The molecule has 2 rings (SSSR count). The smallest absolute Gasteiger partial charge is 0.241 e. The number of carbonyl (C=O) groups is 1. The van der Waals surface area contributed by atoms with E-state index < -0.39 is 6.04 Å². The summed E-state index contributed by atoms with van der Waals surface area (Å²) in [4.78, 5) is 20.0. The van der Waals surface area contributed by atoms with Gasteiger partial charge in [0.05, 0.1) is 18.1 Å². The number of anilines is 1. The Labute approximate surface area is 146 Å². The van der Waals surface area contributed by atoms with Crippen LogP contribution in [0.5, 0.6) is 0 Å². The van der Waals surface area contributed by atoms with E-state index in [1.165, 1.54) is 0 Å². The number of thioether (sulfide) groups is 1. The summed E-state index contributed by atoms with van der Waals surface area (Å²) < 4.78 is 0. The molecule has 2 aromatic rings. The van der Waals surface area contributed by atoms with Gasteiger partial charge in [0.1, 0.15) is 0 Å². The lowest BCUT2D eigenvalue weighted by molar-refractivity contribution is -0.117. The predicted molar refractivity (Wildman–Crippen MR) is 96.2 cm³/mol. The average molecular weight is 363 g/mol. The van der Waals surface area contributed by atoms with Gasteiger partial charge < -0.3 is 16.0 Å². The number of para-hydroxylation sites is 1. The monoisotopic (exact) mass is 362 g/mol. The highest BCUT2D eigenvalue weighted by atomic mass is 35.5. The Morgan fingerprint density at radius 1 is 1.41 bits per heavy atom. The molecule has 1 atom stereocenters. The van der Waals surface area contributed by atoms with Gasteiger partial charge in [0, 0.05) is 23.2 Å². The Hall–Kier alpha value is -1.21. The van der Waals surface area contributed by atoms with Gasteiger partial charge in [0.15, 0.2) is 0 Å². The van der Waals surface area contributed by atoms with Crippen molar-refractivity contribution in [1.29, 1.82) is 0 Å². The Bertz CT molecular complexity index is 566.